The molecule has 4 nitrogen and oxygen atoms in total. The summed E-state index contributed by atoms with van der Waals surface area (Å²) in [5.74, 6) is -0.545. The number of esters is 1. The molecule has 0 aromatic rings. The van der Waals surface area contributed by atoms with Crippen LogP contribution >= 0.6 is 0 Å². The molecule has 0 fully saturated rings. The lowest BCUT2D eigenvalue weighted by Gasteiger charge is -1.91. The molecular formula is C10H18NO3+. The van der Waals surface area contributed by atoms with Crippen LogP contribution in [0.5, 0.6) is 0 Å². The number of carbonyl (C=O) groups is 1. The van der Waals surface area contributed by atoms with Crippen molar-refractivity contribution in [3.05, 3.63) is 12.2 Å². The normalized spacial score (nSPS) is 12.0. The summed E-state index contributed by atoms with van der Waals surface area (Å²) < 4.78 is 5.21. The monoisotopic (exact) mass is 200 g/mol. The Hall–Kier alpha value is -1.32. The van der Waals surface area contributed by atoms with Gasteiger partial charge in [0.2, 0.25) is 0 Å². The number of rotatable bonds is 6. The van der Waals surface area contributed by atoms with Gasteiger partial charge in [0.1, 0.15) is 0 Å². The van der Waals surface area contributed by atoms with Gasteiger partial charge < -0.3 is 4.74 Å². The van der Waals surface area contributed by atoms with E-state index in [0.717, 1.165) is 30.2 Å². The molecule has 0 aliphatic heterocycles. The van der Waals surface area contributed by atoms with E-state index in [-0.39, 0.29) is 0 Å². The van der Waals surface area contributed by atoms with Crippen molar-refractivity contribution in [3.8, 4) is 0 Å². The molecule has 0 radical (unpaired) electrons. The van der Waals surface area contributed by atoms with E-state index in [2.05, 4.69) is 23.8 Å². The fraction of sp³-hybridized carbons (Fsp3) is 0.600. The van der Waals surface area contributed by atoms with Crippen LogP contribution in [-0.4, -0.2) is 35.8 Å². The van der Waals surface area contributed by atoms with Gasteiger partial charge in [0.05, 0.1) is 7.11 Å². The molecule has 0 aliphatic carbocycles. The van der Waals surface area contributed by atoms with Gasteiger partial charge in [0.25, 0.3) is 6.21 Å². The second-order valence-electron chi connectivity index (χ2n) is 2.84. The Labute approximate surface area is 84.5 Å². The third-order valence-electron chi connectivity index (χ3n) is 1.62. The molecule has 0 bridgehead atoms. The number of unbranched alkanes of at least 4 members (excludes halogenated alkanes) is 1. The van der Waals surface area contributed by atoms with Gasteiger partial charge in [-0.1, -0.05) is 19.1 Å². The number of hydroxylamine groups is 1. The van der Waals surface area contributed by atoms with E-state index in [1.54, 1.807) is 0 Å². The Morgan fingerprint density at radius 3 is 2.79 bits per heavy atom. The summed E-state index contributed by atoms with van der Waals surface area (Å²) in [5, 5.41) is 9.16. The van der Waals surface area contributed by atoms with E-state index in [0.29, 0.717) is 6.54 Å². The fourth-order valence-electron chi connectivity index (χ4n) is 0.895. The van der Waals surface area contributed by atoms with Crippen molar-refractivity contribution in [2.24, 2.45) is 0 Å². The van der Waals surface area contributed by atoms with Crippen molar-refractivity contribution in [2.45, 2.75) is 26.2 Å². The minimum atomic E-state index is -0.545. The number of hydrogen-bond acceptors (Lipinski definition) is 3. The van der Waals surface area contributed by atoms with E-state index in [9.17, 15) is 4.79 Å². The zero-order valence-corrected chi connectivity index (χ0v) is 8.77. The number of hydrogen-bond donors (Lipinski definition) is 1. The van der Waals surface area contributed by atoms with Gasteiger partial charge in [-0.05, 0) is 17.6 Å². The van der Waals surface area contributed by atoms with Gasteiger partial charge in [0.15, 0.2) is 6.54 Å². The Balaban J connectivity index is 3.63. The van der Waals surface area contributed by atoms with Crippen molar-refractivity contribution in [1.29, 1.82) is 0 Å². The van der Waals surface area contributed by atoms with Gasteiger partial charge >= 0.3 is 5.97 Å². The Bertz CT molecular complexity index is 221. The average molecular weight is 200 g/mol. The van der Waals surface area contributed by atoms with E-state index in [1.807, 2.05) is 0 Å². The molecule has 0 saturated carbocycles. The van der Waals surface area contributed by atoms with Gasteiger partial charge in [-0.25, -0.2) is 4.79 Å². The molecular weight excluding hydrogens is 182 g/mol. The molecule has 0 rings (SSSR count). The van der Waals surface area contributed by atoms with Crippen molar-refractivity contribution in [3.63, 3.8) is 0 Å². The number of ether oxygens (including phenoxy) is 1. The summed E-state index contributed by atoms with van der Waals surface area (Å²) in [6.45, 7) is 2.50. The van der Waals surface area contributed by atoms with Crippen molar-refractivity contribution in [2.75, 3.05) is 13.7 Å². The number of carbonyl (C=O) groups excluding carboxylic acids is 1. The van der Waals surface area contributed by atoms with Gasteiger partial charge in [0, 0.05) is 6.42 Å². The Morgan fingerprint density at radius 2 is 2.21 bits per heavy atom. The summed E-state index contributed by atoms with van der Waals surface area (Å²) in [6, 6.07) is 0. The minimum Gasteiger partial charge on any atom is -0.461 e. The lowest BCUT2D eigenvalue weighted by molar-refractivity contribution is -0.770. The Kier molecular flexibility index (Phi) is 7.50. The molecule has 0 unspecified atom stereocenters. The summed E-state index contributed by atoms with van der Waals surface area (Å²) >= 11 is 0. The van der Waals surface area contributed by atoms with Gasteiger partial charge in [-0.2, -0.15) is 0 Å². The Morgan fingerprint density at radius 1 is 1.50 bits per heavy atom. The molecule has 0 amide bonds. The van der Waals surface area contributed by atoms with Crippen LogP contribution < -0.4 is 0 Å². The predicted octanol–water partition coefficient (Wildman–Crippen LogP) is 1.38. The fourth-order valence-corrected chi connectivity index (χ4v) is 0.895. The smallest absolute Gasteiger partial charge is 0.399 e. The van der Waals surface area contributed by atoms with E-state index < -0.39 is 5.97 Å². The first-order chi connectivity index (χ1) is 6.70. The van der Waals surface area contributed by atoms with Crippen LogP contribution in [0.15, 0.2) is 12.2 Å². The highest BCUT2D eigenvalue weighted by molar-refractivity contribution is 6.20. The van der Waals surface area contributed by atoms with E-state index in [4.69, 9.17) is 5.21 Å². The number of nitrogens with zero attached hydrogens (tertiary/aromatic N) is 1. The van der Waals surface area contributed by atoms with Crippen molar-refractivity contribution in [1.82, 2.24) is 0 Å². The minimum absolute atomic E-state index is 0.434. The third-order valence-corrected chi connectivity index (χ3v) is 1.62. The summed E-state index contributed by atoms with van der Waals surface area (Å²) in [5.41, 5.74) is 0. The van der Waals surface area contributed by atoms with E-state index in [1.165, 1.54) is 7.11 Å². The molecule has 0 aromatic heterocycles. The summed E-state index contributed by atoms with van der Waals surface area (Å²) in [7, 11) is 1.27. The van der Waals surface area contributed by atoms with Crippen LogP contribution in [0.25, 0.3) is 0 Å². The van der Waals surface area contributed by atoms with Crippen LogP contribution in [0.2, 0.25) is 0 Å². The average Bonchev–Trinajstić information content (AvgIpc) is 2.17. The van der Waals surface area contributed by atoms with Crippen LogP contribution in [0.1, 0.15) is 26.2 Å². The molecule has 80 valence electrons. The first-order valence-electron chi connectivity index (χ1n) is 4.74. The maximum atomic E-state index is 10.7. The molecule has 4 heteroatoms. The number of methoxy groups -OCH3 is 1. The van der Waals surface area contributed by atoms with Crippen LogP contribution in [0, 0.1) is 0 Å². The zero-order valence-electron chi connectivity index (χ0n) is 8.77. The highest BCUT2D eigenvalue weighted by Gasteiger charge is 2.05. The maximum Gasteiger partial charge on any atom is 0.399 e. The zero-order chi connectivity index (χ0) is 10.8. The molecule has 1 N–H and O–H groups in total. The lowest BCUT2D eigenvalue weighted by atomic mass is 10.3. The van der Waals surface area contributed by atoms with Crippen LogP contribution in [-0.2, 0) is 9.53 Å². The van der Waals surface area contributed by atoms with Crippen LogP contribution in [0.4, 0.5) is 0 Å². The van der Waals surface area contributed by atoms with E-state index >= 15 is 0 Å². The predicted molar refractivity (Wildman–Crippen MR) is 53.7 cm³/mol. The molecule has 0 saturated heterocycles. The highest BCUT2D eigenvalue weighted by Crippen LogP contribution is 1.92. The lowest BCUT2D eigenvalue weighted by Crippen LogP contribution is -2.16. The second-order valence-corrected chi connectivity index (χ2v) is 2.84. The molecule has 0 heterocycles. The van der Waals surface area contributed by atoms with Crippen molar-refractivity contribution >= 4 is 12.2 Å². The molecule has 0 spiro atoms. The summed E-state index contributed by atoms with van der Waals surface area (Å²) in [6.07, 6.45) is 7.90. The standard InChI is InChI=1S/C10H18NO3/c1-3-4-5-6-7-8-11(13)9-10(12)14-2/h4-5,9,13H,3,6-8H2,1-2H3/q+1/b5-4-,11-9-. The molecule has 0 aliphatic rings. The topological polar surface area (TPSA) is 49.5 Å². The first kappa shape index (κ1) is 12.7. The first-order valence-corrected chi connectivity index (χ1v) is 4.74. The highest BCUT2D eigenvalue weighted by atomic mass is 16.5. The SMILES string of the molecule is CC/C=C\CCC/[N+](O)=C/C(=O)OC. The largest absolute Gasteiger partial charge is 0.461 e. The van der Waals surface area contributed by atoms with Gasteiger partial charge in [-0.15, -0.1) is 0 Å². The second kappa shape index (κ2) is 8.29. The molecule has 0 aromatic carbocycles. The molecule has 14 heavy (non-hydrogen) atoms. The van der Waals surface area contributed by atoms with Gasteiger partial charge in [-0.3, -0.25) is 5.21 Å². The summed E-state index contributed by atoms with van der Waals surface area (Å²) in [4.78, 5) is 10.7. The van der Waals surface area contributed by atoms with Crippen molar-refractivity contribution < 1.29 is 19.5 Å². The quantitative estimate of drug-likeness (QED) is 0.134. The number of allylic oxidation sites excluding steroid dienone is 2. The maximum absolute atomic E-state index is 10.7. The third kappa shape index (κ3) is 7.34. The van der Waals surface area contributed by atoms with Crippen LogP contribution in [0.3, 0.4) is 0 Å². The molecule has 0 atom stereocenters.